The topological polar surface area (TPSA) is 72.5 Å². The number of nitrogens with one attached hydrogen (secondary N) is 1. The lowest BCUT2D eigenvalue weighted by Gasteiger charge is -2.03. The van der Waals surface area contributed by atoms with E-state index >= 15 is 0 Å². The molecule has 1 amide bonds. The third-order valence-corrected chi connectivity index (χ3v) is 4.41. The predicted octanol–water partition coefficient (Wildman–Crippen LogP) is 4.16. The molecule has 25 heavy (non-hydrogen) atoms. The molecule has 3 aromatic rings. The summed E-state index contributed by atoms with van der Waals surface area (Å²) in [6.45, 7) is 2.20. The molecule has 5 nitrogen and oxygen atoms in total. The molecule has 1 aliphatic carbocycles. The molecule has 1 saturated carbocycles. The molecule has 1 aliphatic rings. The minimum atomic E-state index is -0.398. The van der Waals surface area contributed by atoms with Gasteiger partial charge in [-0.25, -0.2) is 4.79 Å². The minimum Gasteiger partial charge on any atom is -0.461 e. The van der Waals surface area contributed by atoms with Gasteiger partial charge in [-0.15, -0.1) is 0 Å². The molecule has 4 rings (SSSR count). The van der Waals surface area contributed by atoms with Crippen LogP contribution in [0.5, 0.6) is 0 Å². The number of fused-ring (bicyclic) bond motifs is 1. The van der Waals surface area contributed by atoms with E-state index in [1.165, 1.54) is 18.6 Å². The highest BCUT2D eigenvalue weighted by atomic mass is 16.4. The number of carbonyl (C=O) groups is 1. The van der Waals surface area contributed by atoms with Gasteiger partial charge in [-0.1, -0.05) is 6.92 Å². The number of furan rings is 1. The lowest BCUT2D eigenvalue weighted by atomic mass is 10.2. The van der Waals surface area contributed by atoms with Gasteiger partial charge in [-0.05, 0) is 54.8 Å². The van der Waals surface area contributed by atoms with Crippen molar-refractivity contribution in [1.82, 2.24) is 0 Å². The van der Waals surface area contributed by atoms with Gasteiger partial charge in [0.2, 0.25) is 5.91 Å². The number of hydrogen-bond acceptors (Lipinski definition) is 4. The van der Waals surface area contributed by atoms with E-state index in [4.69, 9.17) is 8.83 Å². The summed E-state index contributed by atoms with van der Waals surface area (Å²) in [5.74, 6) is 2.61. The summed E-state index contributed by atoms with van der Waals surface area (Å²) >= 11 is 0. The first-order valence-electron chi connectivity index (χ1n) is 8.21. The van der Waals surface area contributed by atoms with Crippen LogP contribution in [0, 0.1) is 5.92 Å². The van der Waals surface area contributed by atoms with Crippen LogP contribution in [0.15, 0.2) is 62.2 Å². The number of benzene rings is 1. The van der Waals surface area contributed by atoms with E-state index in [9.17, 15) is 9.59 Å². The van der Waals surface area contributed by atoms with Crippen molar-refractivity contribution in [3.8, 4) is 0 Å². The molecule has 1 aromatic carbocycles. The third-order valence-electron chi connectivity index (χ3n) is 4.41. The van der Waals surface area contributed by atoms with Gasteiger partial charge in [0.1, 0.15) is 17.1 Å². The maximum atomic E-state index is 12.1. The van der Waals surface area contributed by atoms with E-state index in [1.807, 2.05) is 12.1 Å². The van der Waals surface area contributed by atoms with Crippen LogP contribution >= 0.6 is 0 Å². The number of rotatable bonds is 4. The third kappa shape index (κ3) is 3.40. The second kappa shape index (κ2) is 6.09. The molecule has 0 saturated heterocycles. The predicted molar refractivity (Wildman–Crippen MR) is 95.4 cm³/mol. The summed E-state index contributed by atoms with van der Waals surface area (Å²) in [7, 11) is 0. The van der Waals surface area contributed by atoms with E-state index in [2.05, 4.69) is 12.2 Å². The van der Waals surface area contributed by atoms with Gasteiger partial charge in [0, 0.05) is 29.1 Å². The van der Waals surface area contributed by atoms with Crippen molar-refractivity contribution >= 4 is 28.6 Å². The Morgan fingerprint density at radius 3 is 2.80 bits per heavy atom. The van der Waals surface area contributed by atoms with Gasteiger partial charge in [-0.3, -0.25) is 4.79 Å². The summed E-state index contributed by atoms with van der Waals surface area (Å²) in [4.78, 5) is 23.2. The molecule has 5 heteroatoms. The summed E-state index contributed by atoms with van der Waals surface area (Å²) < 4.78 is 10.8. The van der Waals surface area contributed by atoms with Gasteiger partial charge < -0.3 is 14.2 Å². The van der Waals surface area contributed by atoms with Crippen LogP contribution in [0.2, 0.25) is 0 Å². The first kappa shape index (κ1) is 15.4. The zero-order valence-electron chi connectivity index (χ0n) is 13.7. The van der Waals surface area contributed by atoms with Crippen LogP contribution in [0.4, 0.5) is 5.69 Å². The Morgan fingerprint density at radius 2 is 2.00 bits per heavy atom. The molecule has 1 N–H and O–H groups in total. The molecule has 0 aliphatic heterocycles. The lowest BCUT2D eigenvalue weighted by Crippen LogP contribution is -2.07. The SMILES string of the molecule is CC1CC1c1ccc(/C=C/C(=O)Nc2ccc3oc(=O)ccc3c2)o1. The summed E-state index contributed by atoms with van der Waals surface area (Å²) in [6, 6.07) is 12.0. The van der Waals surface area contributed by atoms with Gasteiger partial charge in [-0.2, -0.15) is 0 Å². The molecule has 1 fully saturated rings. The summed E-state index contributed by atoms with van der Waals surface area (Å²) in [5, 5.41) is 3.53. The Hall–Kier alpha value is -3.08. The fourth-order valence-electron chi connectivity index (χ4n) is 2.87. The second-order valence-corrected chi connectivity index (χ2v) is 6.39. The van der Waals surface area contributed by atoms with Crippen LogP contribution in [0.1, 0.15) is 30.8 Å². The molecule has 2 aromatic heterocycles. The molecule has 2 heterocycles. The van der Waals surface area contributed by atoms with Gasteiger partial charge in [0.15, 0.2) is 0 Å². The van der Waals surface area contributed by atoms with Crippen molar-refractivity contribution in [1.29, 1.82) is 0 Å². The van der Waals surface area contributed by atoms with Crippen LogP contribution in [0.25, 0.3) is 17.0 Å². The van der Waals surface area contributed by atoms with Crippen LogP contribution in [0.3, 0.4) is 0 Å². The second-order valence-electron chi connectivity index (χ2n) is 6.39. The first-order chi connectivity index (χ1) is 12.1. The number of hydrogen-bond donors (Lipinski definition) is 1. The maximum Gasteiger partial charge on any atom is 0.336 e. The van der Waals surface area contributed by atoms with Crippen molar-refractivity contribution in [2.45, 2.75) is 19.3 Å². The molecule has 0 spiro atoms. The Bertz CT molecular complexity index is 1030. The highest BCUT2D eigenvalue weighted by molar-refractivity contribution is 6.02. The average Bonchev–Trinajstić information content (AvgIpc) is 3.14. The highest BCUT2D eigenvalue weighted by Crippen LogP contribution is 2.47. The van der Waals surface area contributed by atoms with Gasteiger partial charge in [0.05, 0.1) is 0 Å². The average molecular weight is 335 g/mol. The van der Waals surface area contributed by atoms with Crippen molar-refractivity contribution in [3.05, 3.63) is 70.5 Å². The van der Waals surface area contributed by atoms with E-state index in [0.717, 1.165) is 11.1 Å². The van der Waals surface area contributed by atoms with E-state index in [-0.39, 0.29) is 5.91 Å². The first-order valence-corrected chi connectivity index (χ1v) is 8.21. The molecule has 0 bridgehead atoms. The zero-order chi connectivity index (χ0) is 17.4. The maximum absolute atomic E-state index is 12.1. The lowest BCUT2D eigenvalue weighted by molar-refractivity contribution is -0.111. The highest BCUT2D eigenvalue weighted by Gasteiger charge is 2.36. The fourth-order valence-corrected chi connectivity index (χ4v) is 2.87. The van der Waals surface area contributed by atoms with Crippen LogP contribution in [-0.2, 0) is 4.79 Å². The number of carbonyl (C=O) groups excluding carboxylic acids is 1. The zero-order valence-corrected chi connectivity index (χ0v) is 13.7. The van der Waals surface area contributed by atoms with Gasteiger partial charge in [0.25, 0.3) is 0 Å². The van der Waals surface area contributed by atoms with Crippen molar-refractivity contribution in [3.63, 3.8) is 0 Å². The number of anilines is 1. The normalized spacial score (nSPS) is 19.4. The summed E-state index contributed by atoms with van der Waals surface area (Å²) in [6.07, 6.45) is 4.26. The molecular weight excluding hydrogens is 318 g/mol. The van der Waals surface area contributed by atoms with Crippen molar-refractivity contribution in [2.75, 3.05) is 5.32 Å². The number of amides is 1. The smallest absolute Gasteiger partial charge is 0.336 e. The Labute approximate surface area is 144 Å². The molecule has 2 atom stereocenters. The largest absolute Gasteiger partial charge is 0.461 e. The van der Waals surface area contributed by atoms with E-state index in [0.29, 0.717) is 28.9 Å². The minimum absolute atomic E-state index is 0.255. The standard InChI is InChI=1S/C20H17NO4/c1-12-10-16(12)18-7-4-15(24-18)5-8-19(22)21-14-3-6-17-13(11-14)2-9-20(23)25-17/h2-9,11-12,16H,10H2,1H3,(H,21,22)/b8-5+. The van der Waals surface area contributed by atoms with E-state index < -0.39 is 5.63 Å². The fraction of sp³-hybridized carbons (Fsp3) is 0.200. The van der Waals surface area contributed by atoms with Crippen LogP contribution in [-0.4, -0.2) is 5.91 Å². The Balaban J connectivity index is 1.43. The van der Waals surface area contributed by atoms with Crippen LogP contribution < -0.4 is 10.9 Å². The van der Waals surface area contributed by atoms with Crippen molar-refractivity contribution in [2.24, 2.45) is 5.92 Å². The Kier molecular flexibility index (Phi) is 3.76. The molecular formula is C20H17NO4. The molecule has 126 valence electrons. The van der Waals surface area contributed by atoms with E-state index in [1.54, 1.807) is 30.3 Å². The molecule has 2 unspecified atom stereocenters. The molecule has 0 radical (unpaired) electrons. The van der Waals surface area contributed by atoms with Crippen molar-refractivity contribution < 1.29 is 13.6 Å². The van der Waals surface area contributed by atoms with Gasteiger partial charge >= 0.3 is 5.63 Å². The monoisotopic (exact) mass is 335 g/mol. The summed E-state index contributed by atoms with van der Waals surface area (Å²) in [5.41, 5.74) is 0.715. The quantitative estimate of drug-likeness (QED) is 0.574. The Morgan fingerprint density at radius 1 is 1.16 bits per heavy atom.